The van der Waals surface area contributed by atoms with Crippen LogP contribution in [0.5, 0.6) is 17.2 Å². The van der Waals surface area contributed by atoms with E-state index in [1.54, 1.807) is 0 Å². The summed E-state index contributed by atoms with van der Waals surface area (Å²) in [5.74, 6) is 2.93. The molecule has 1 aromatic heterocycles. The predicted molar refractivity (Wildman–Crippen MR) is 217 cm³/mol. The van der Waals surface area contributed by atoms with E-state index < -0.39 is 11.5 Å². The number of ether oxygens (including phenoxy) is 3. The second-order valence-corrected chi connectivity index (χ2v) is 18.1. The van der Waals surface area contributed by atoms with Gasteiger partial charge in [0.25, 0.3) is 0 Å². The summed E-state index contributed by atoms with van der Waals surface area (Å²) in [5, 5.41) is 14.8. The lowest BCUT2D eigenvalue weighted by Crippen LogP contribution is -2.53. The van der Waals surface area contributed by atoms with E-state index in [4.69, 9.17) is 30.8 Å². The number of halogens is 1. The molecular formula is C45H59ClN4O5. The van der Waals surface area contributed by atoms with E-state index in [0.29, 0.717) is 54.9 Å². The minimum absolute atomic E-state index is 0.0462. The Bertz CT molecular complexity index is 1850. The molecule has 3 heterocycles. The van der Waals surface area contributed by atoms with E-state index in [2.05, 4.69) is 55.2 Å². The lowest BCUT2D eigenvalue weighted by atomic mass is 9.59. The van der Waals surface area contributed by atoms with E-state index >= 15 is 0 Å². The maximum Gasteiger partial charge on any atom is 0.329 e. The van der Waals surface area contributed by atoms with Crippen LogP contribution in [0.25, 0.3) is 0 Å². The highest BCUT2D eigenvalue weighted by molar-refractivity contribution is 6.30. The van der Waals surface area contributed by atoms with Gasteiger partial charge in [0.05, 0.1) is 6.61 Å². The van der Waals surface area contributed by atoms with Gasteiger partial charge in [0.1, 0.15) is 24.0 Å². The third kappa shape index (κ3) is 7.78. The van der Waals surface area contributed by atoms with Gasteiger partial charge in [-0.15, -0.1) is 0 Å². The third-order valence-electron chi connectivity index (χ3n) is 13.9. The number of nitrogens with one attached hydrogen (secondary N) is 1. The second kappa shape index (κ2) is 15.8. The van der Waals surface area contributed by atoms with E-state index in [-0.39, 0.29) is 11.5 Å². The van der Waals surface area contributed by atoms with Gasteiger partial charge in [-0.25, -0.2) is 4.79 Å². The van der Waals surface area contributed by atoms with Crippen LogP contribution in [0.2, 0.25) is 5.02 Å². The van der Waals surface area contributed by atoms with Gasteiger partial charge < -0.3 is 29.5 Å². The highest BCUT2D eigenvalue weighted by atomic mass is 35.5. The molecule has 0 amide bonds. The number of anilines is 1. The summed E-state index contributed by atoms with van der Waals surface area (Å²) < 4.78 is 19.9. The van der Waals surface area contributed by atoms with Gasteiger partial charge in [-0.05, 0) is 169 Å². The van der Waals surface area contributed by atoms with Crippen molar-refractivity contribution in [3.63, 3.8) is 0 Å². The standard InChI is InChI=1S/C45H59ClN4O5/c1-29(27-53-39-11-18-47-38-10-5-7-30(2)42(38)39)21-32-22-31-23-40-41(55-36(28-54-40)26-50(4)35-12-19-49(3)20-13-35)25-37(31)44(32)14-16-45(17-15-44,43(51)52)48-34-9-6-8-33(46)24-34/h6,8-9,11,18,23-25,29-30,32,35-36,48H,5,7,10,12-17,19-22,26-28H2,1-4H3,(H,51,52)/t29-,30-,32?,36?,44?,45?/m1/s1. The molecule has 3 aliphatic carbocycles. The third-order valence-corrected chi connectivity index (χ3v) is 14.1. The van der Waals surface area contributed by atoms with Gasteiger partial charge in [-0.1, -0.05) is 31.5 Å². The summed E-state index contributed by atoms with van der Waals surface area (Å²) in [6.07, 6.45) is 12.0. The van der Waals surface area contributed by atoms with Gasteiger partial charge in [0.2, 0.25) is 0 Å². The minimum Gasteiger partial charge on any atom is -0.493 e. The zero-order valence-corrected chi connectivity index (χ0v) is 33.9. The minimum atomic E-state index is -1.08. The van der Waals surface area contributed by atoms with Crippen LogP contribution in [0.15, 0.2) is 48.7 Å². The van der Waals surface area contributed by atoms with Crippen molar-refractivity contribution in [3.8, 4) is 17.2 Å². The van der Waals surface area contributed by atoms with Crippen LogP contribution < -0.4 is 19.5 Å². The molecule has 2 unspecified atom stereocenters. The predicted octanol–water partition coefficient (Wildman–Crippen LogP) is 8.37. The first-order valence-electron chi connectivity index (χ1n) is 20.8. The first-order chi connectivity index (χ1) is 26.5. The van der Waals surface area contributed by atoms with E-state index in [1.165, 1.54) is 48.1 Å². The molecule has 1 saturated heterocycles. The summed E-state index contributed by atoms with van der Waals surface area (Å²) in [6.45, 7) is 8.86. The Kier molecular flexibility index (Phi) is 11.0. The van der Waals surface area contributed by atoms with Crippen molar-refractivity contribution in [1.29, 1.82) is 0 Å². The summed E-state index contributed by atoms with van der Waals surface area (Å²) in [5.41, 5.74) is 4.58. The van der Waals surface area contributed by atoms with Crippen molar-refractivity contribution in [3.05, 3.63) is 76.1 Å². The topological polar surface area (TPSA) is 96.4 Å². The first kappa shape index (κ1) is 38.3. The number of hydrogen-bond acceptors (Lipinski definition) is 8. The number of fused-ring (bicyclic) bond motifs is 4. The van der Waals surface area contributed by atoms with Crippen molar-refractivity contribution in [1.82, 2.24) is 14.8 Å². The molecule has 2 aliphatic heterocycles. The first-order valence-corrected chi connectivity index (χ1v) is 21.1. The molecule has 4 atom stereocenters. The average molecular weight is 771 g/mol. The monoisotopic (exact) mass is 770 g/mol. The summed E-state index contributed by atoms with van der Waals surface area (Å²) in [6, 6.07) is 14.5. The molecule has 0 radical (unpaired) electrons. The zero-order chi connectivity index (χ0) is 38.3. The van der Waals surface area contributed by atoms with Crippen LogP contribution in [0, 0.1) is 11.8 Å². The largest absolute Gasteiger partial charge is 0.493 e. The van der Waals surface area contributed by atoms with Gasteiger partial charge in [-0.2, -0.15) is 0 Å². The fraction of sp³-hybridized carbons (Fsp3) is 0.600. The number of nitrogens with zero attached hydrogens (tertiary/aromatic N) is 3. The summed E-state index contributed by atoms with van der Waals surface area (Å²) >= 11 is 6.33. The van der Waals surface area contributed by atoms with Crippen LogP contribution in [-0.4, -0.2) is 90.5 Å². The molecule has 1 saturated carbocycles. The Morgan fingerprint density at radius 3 is 2.69 bits per heavy atom. The number of aromatic nitrogens is 1. The molecule has 296 valence electrons. The smallest absolute Gasteiger partial charge is 0.329 e. The van der Waals surface area contributed by atoms with Crippen LogP contribution in [0.3, 0.4) is 0 Å². The molecule has 10 heteroatoms. The maximum atomic E-state index is 13.1. The van der Waals surface area contributed by atoms with E-state index in [0.717, 1.165) is 74.7 Å². The summed E-state index contributed by atoms with van der Waals surface area (Å²) in [7, 11) is 4.42. The van der Waals surface area contributed by atoms with Gasteiger partial charge in [0.15, 0.2) is 11.5 Å². The number of likely N-dealkylation sites (tertiary alicyclic amines) is 1. The van der Waals surface area contributed by atoms with Gasteiger partial charge in [-0.3, -0.25) is 9.88 Å². The fourth-order valence-electron chi connectivity index (χ4n) is 10.7. The average Bonchev–Trinajstić information content (AvgIpc) is 3.44. The SMILES string of the molecule is C[C@@H](COc1ccnc2c1[C@H](C)CCC2)CC1Cc2cc3c(cc2C12CCC(Nc1cccc(Cl)c1)(C(=O)O)CC2)OC(CN(C)C1CCN(C)CC1)CO3. The second-order valence-electron chi connectivity index (χ2n) is 17.7. The number of hydrogen-bond donors (Lipinski definition) is 2. The molecule has 2 aromatic carbocycles. The van der Waals surface area contributed by atoms with Crippen LogP contribution in [-0.2, 0) is 23.1 Å². The maximum absolute atomic E-state index is 13.1. The molecule has 1 spiro atoms. The molecule has 3 aromatic rings. The van der Waals surface area contributed by atoms with Crippen molar-refractivity contribution >= 4 is 23.3 Å². The van der Waals surface area contributed by atoms with Crippen LogP contribution >= 0.6 is 11.6 Å². The van der Waals surface area contributed by atoms with Crippen molar-refractivity contribution < 1.29 is 24.1 Å². The number of rotatable bonds is 11. The molecule has 2 fully saturated rings. The fourth-order valence-corrected chi connectivity index (χ4v) is 10.9. The Morgan fingerprint density at radius 2 is 1.93 bits per heavy atom. The van der Waals surface area contributed by atoms with E-state index in [9.17, 15) is 9.90 Å². The number of benzene rings is 2. The van der Waals surface area contributed by atoms with Crippen molar-refractivity contribution in [2.75, 3.05) is 52.3 Å². The number of piperidine rings is 1. The van der Waals surface area contributed by atoms with Crippen LogP contribution in [0.1, 0.15) is 99.9 Å². The molecular weight excluding hydrogens is 712 g/mol. The molecule has 5 aliphatic rings. The number of aliphatic carboxylic acids is 1. The normalized spacial score (nSPS) is 28.4. The van der Waals surface area contributed by atoms with Gasteiger partial charge >= 0.3 is 5.97 Å². The Hall–Kier alpha value is -3.53. The quantitative estimate of drug-likeness (QED) is 0.200. The lowest BCUT2D eigenvalue weighted by molar-refractivity contribution is -0.144. The number of aryl methyl sites for hydroxylation is 1. The summed E-state index contributed by atoms with van der Waals surface area (Å²) in [4.78, 5) is 22.7. The van der Waals surface area contributed by atoms with Crippen molar-refractivity contribution in [2.24, 2.45) is 11.8 Å². The number of pyridine rings is 1. The molecule has 55 heavy (non-hydrogen) atoms. The highest BCUT2D eigenvalue weighted by Gasteiger charge is 2.54. The number of carboxylic acids is 1. The van der Waals surface area contributed by atoms with E-state index in [1.807, 2.05) is 36.5 Å². The lowest BCUT2D eigenvalue weighted by Gasteiger charge is -2.47. The zero-order valence-electron chi connectivity index (χ0n) is 33.1. The van der Waals surface area contributed by atoms with Gasteiger partial charge in [0, 0.05) is 40.8 Å². The number of carboxylic acid groups (broad SMARTS) is 1. The van der Waals surface area contributed by atoms with Crippen molar-refractivity contribution in [2.45, 2.75) is 113 Å². The molecule has 9 nitrogen and oxygen atoms in total. The Labute approximate surface area is 332 Å². The Balaban J connectivity index is 1.03. The number of carbonyl (C=O) groups is 1. The molecule has 8 rings (SSSR count). The molecule has 0 bridgehead atoms. The van der Waals surface area contributed by atoms with Crippen LogP contribution in [0.4, 0.5) is 5.69 Å². The molecule has 2 N–H and O–H groups in total. The Morgan fingerprint density at radius 1 is 1.13 bits per heavy atom. The number of likely N-dealkylation sites (N-methyl/N-ethyl adjacent to an activating group) is 1. The highest BCUT2D eigenvalue weighted by Crippen LogP contribution is 2.58.